The van der Waals surface area contributed by atoms with E-state index in [9.17, 15) is 0 Å². The van der Waals surface area contributed by atoms with Crippen molar-refractivity contribution in [2.45, 2.75) is 6.92 Å². The Morgan fingerprint density at radius 2 is 2.44 bits per heavy atom. The van der Waals surface area contributed by atoms with E-state index in [2.05, 4.69) is 20.3 Å². The summed E-state index contributed by atoms with van der Waals surface area (Å²) in [6.45, 7) is 2.44. The zero-order valence-corrected chi connectivity index (χ0v) is 10.2. The standard InChI is InChI=1S/C10H15N7O/c1-7(8(11)15-18)5-16(2)9-10-14-13-6-17(10)4-3-12-9/h3-4,6-7,18H,5H2,1-2H3,(H2,11,15). The average molecular weight is 249 g/mol. The molecule has 18 heavy (non-hydrogen) atoms. The van der Waals surface area contributed by atoms with Crippen LogP contribution >= 0.6 is 0 Å². The smallest absolute Gasteiger partial charge is 0.203 e. The second kappa shape index (κ2) is 4.86. The fourth-order valence-corrected chi connectivity index (χ4v) is 1.70. The maximum absolute atomic E-state index is 8.63. The second-order valence-corrected chi connectivity index (χ2v) is 4.12. The lowest BCUT2D eigenvalue weighted by molar-refractivity contribution is 0.314. The zero-order valence-electron chi connectivity index (χ0n) is 10.2. The number of nitrogens with two attached hydrogens (primary N) is 1. The van der Waals surface area contributed by atoms with E-state index < -0.39 is 0 Å². The van der Waals surface area contributed by atoms with Crippen LogP contribution in [0.25, 0.3) is 5.65 Å². The third-order valence-electron chi connectivity index (χ3n) is 2.73. The quantitative estimate of drug-likeness (QED) is 0.340. The highest BCUT2D eigenvalue weighted by Gasteiger charge is 2.15. The van der Waals surface area contributed by atoms with Gasteiger partial charge in [-0.1, -0.05) is 12.1 Å². The molecule has 0 saturated carbocycles. The molecule has 0 fully saturated rings. The highest BCUT2D eigenvalue weighted by atomic mass is 16.4. The van der Waals surface area contributed by atoms with Crippen molar-refractivity contribution >= 4 is 17.3 Å². The lowest BCUT2D eigenvalue weighted by Gasteiger charge is -2.21. The van der Waals surface area contributed by atoms with E-state index in [1.807, 2.05) is 18.9 Å². The van der Waals surface area contributed by atoms with Crippen molar-refractivity contribution in [3.05, 3.63) is 18.7 Å². The van der Waals surface area contributed by atoms with Crippen LogP contribution in [0.5, 0.6) is 0 Å². The molecule has 8 nitrogen and oxygen atoms in total. The molecule has 8 heteroatoms. The third kappa shape index (κ3) is 2.17. The molecular weight excluding hydrogens is 234 g/mol. The van der Waals surface area contributed by atoms with Gasteiger partial charge in [0.15, 0.2) is 5.82 Å². The third-order valence-corrected chi connectivity index (χ3v) is 2.73. The molecule has 3 N–H and O–H groups in total. The van der Waals surface area contributed by atoms with Crippen LogP contribution in [-0.2, 0) is 0 Å². The summed E-state index contributed by atoms with van der Waals surface area (Å²) in [6, 6.07) is 0. The van der Waals surface area contributed by atoms with E-state index in [0.717, 1.165) is 0 Å². The number of fused-ring (bicyclic) bond motifs is 1. The Kier molecular flexibility index (Phi) is 3.26. The number of rotatable bonds is 4. The molecule has 0 amide bonds. The van der Waals surface area contributed by atoms with Gasteiger partial charge in [-0.2, -0.15) is 0 Å². The second-order valence-electron chi connectivity index (χ2n) is 4.12. The van der Waals surface area contributed by atoms with Gasteiger partial charge in [-0.05, 0) is 0 Å². The molecule has 96 valence electrons. The molecular formula is C10H15N7O. The number of oxime groups is 1. The first-order chi connectivity index (χ1) is 8.63. The molecule has 0 spiro atoms. The zero-order chi connectivity index (χ0) is 13.1. The number of aromatic nitrogens is 4. The largest absolute Gasteiger partial charge is 0.409 e. The molecule has 0 aromatic carbocycles. The van der Waals surface area contributed by atoms with Crippen LogP contribution in [-0.4, -0.2) is 44.2 Å². The predicted octanol–water partition coefficient (Wildman–Crippen LogP) is -0.0570. The summed E-state index contributed by atoms with van der Waals surface area (Å²) in [7, 11) is 1.87. The van der Waals surface area contributed by atoms with Crippen molar-refractivity contribution in [3.8, 4) is 0 Å². The van der Waals surface area contributed by atoms with Crippen LogP contribution in [0.3, 0.4) is 0 Å². The van der Waals surface area contributed by atoms with Gasteiger partial charge in [-0.3, -0.25) is 4.40 Å². The highest BCUT2D eigenvalue weighted by Crippen LogP contribution is 2.15. The van der Waals surface area contributed by atoms with Gasteiger partial charge in [0, 0.05) is 31.9 Å². The topological polar surface area (TPSA) is 105 Å². The van der Waals surface area contributed by atoms with E-state index in [-0.39, 0.29) is 11.8 Å². The van der Waals surface area contributed by atoms with Crippen LogP contribution in [0.4, 0.5) is 5.82 Å². The molecule has 0 aliphatic carbocycles. The van der Waals surface area contributed by atoms with Gasteiger partial charge in [0.25, 0.3) is 0 Å². The number of hydrogen-bond donors (Lipinski definition) is 2. The van der Waals surface area contributed by atoms with Crippen LogP contribution in [0.2, 0.25) is 0 Å². The molecule has 0 radical (unpaired) electrons. The molecule has 0 saturated heterocycles. The van der Waals surface area contributed by atoms with Crippen LogP contribution in [0, 0.1) is 5.92 Å². The van der Waals surface area contributed by atoms with Crippen molar-refractivity contribution in [3.63, 3.8) is 0 Å². The summed E-state index contributed by atoms with van der Waals surface area (Å²) >= 11 is 0. The minimum atomic E-state index is -0.0926. The van der Waals surface area contributed by atoms with Gasteiger partial charge in [-0.15, -0.1) is 10.2 Å². The van der Waals surface area contributed by atoms with Gasteiger partial charge >= 0.3 is 0 Å². The number of anilines is 1. The number of hydrogen-bond acceptors (Lipinski definition) is 6. The van der Waals surface area contributed by atoms with Crippen LogP contribution in [0.15, 0.2) is 23.9 Å². The van der Waals surface area contributed by atoms with Crippen LogP contribution < -0.4 is 10.6 Å². The first kappa shape index (κ1) is 12.1. The average Bonchev–Trinajstić information content (AvgIpc) is 2.85. The number of amidine groups is 1. The fraction of sp³-hybridized carbons (Fsp3) is 0.400. The first-order valence-corrected chi connectivity index (χ1v) is 5.46. The Morgan fingerprint density at radius 3 is 3.17 bits per heavy atom. The highest BCUT2D eigenvalue weighted by molar-refractivity contribution is 5.82. The fourth-order valence-electron chi connectivity index (χ4n) is 1.70. The summed E-state index contributed by atoms with van der Waals surface area (Å²) < 4.78 is 1.78. The van der Waals surface area contributed by atoms with E-state index in [1.54, 1.807) is 23.1 Å². The molecule has 0 aliphatic heterocycles. The Morgan fingerprint density at radius 1 is 1.67 bits per heavy atom. The van der Waals surface area contributed by atoms with E-state index in [4.69, 9.17) is 10.9 Å². The summed E-state index contributed by atoms with van der Waals surface area (Å²) in [5, 5.41) is 19.5. The summed E-state index contributed by atoms with van der Waals surface area (Å²) in [6.07, 6.45) is 5.07. The van der Waals surface area contributed by atoms with Gasteiger partial charge < -0.3 is 15.8 Å². The summed E-state index contributed by atoms with van der Waals surface area (Å²) in [5.74, 6) is 0.799. The van der Waals surface area contributed by atoms with Crippen molar-refractivity contribution in [2.75, 3.05) is 18.5 Å². The van der Waals surface area contributed by atoms with Crippen molar-refractivity contribution in [2.24, 2.45) is 16.8 Å². The Bertz CT molecular complexity index is 564. The minimum absolute atomic E-state index is 0.0926. The van der Waals surface area contributed by atoms with Crippen molar-refractivity contribution < 1.29 is 5.21 Å². The van der Waals surface area contributed by atoms with E-state index >= 15 is 0 Å². The Balaban J connectivity index is 2.23. The lowest BCUT2D eigenvalue weighted by atomic mass is 10.1. The maximum Gasteiger partial charge on any atom is 0.203 e. The Hall–Kier alpha value is -2.38. The van der Waals surface area contributed by atoms with Gasteiger partial charge in [-0.25, -0.2) is 4.98 Å². The van der Waals surface area contributed by atoms with E-state index in [1.165, 1.54) is 0 Å². The summed E-state index contributed by atoms with van der Waals surface area (Å²) in [5.41, 5.74) is 6.23. The predicted molar refractivity (Wildman–Crippen MR) is 66.6 cm³/mol. The number of nitrogens with zero attached hydrogens (tertiary/aromatic N) is 6. The Labute approximate surface area is 104 Å². The van der Waals surface area contributed by atoms with E-state index in [0.29, 0.717) is 18.0 Å². The van der Waals surface area contributed by atoms with Gasteiger partial charge in [0.1, 0.15) is 12.2 Å². The van der Waals surface area contributed by atoms with Crippen LogP contribution in [0.1, 0.15) is 6.92 Å². The maximum atomic E-state index is 8.63. The SMILES string of the molecule is CC(CN(C)c1nccn2cnnc12)C(N)=NO. The van der Waals surface area contributed by atoms with Crippen molar-refractivity contribution in [1.29, 1.82) is 0 Å². The molecule has 2 aromatic rings. The van der Waals surface area contributed by atoms with Gasteiger partial charge in [0.2, 0.25) is 5.65 Å². The molecule has 2 heterocycles. The molecule has 0 bridgehead atoms. The molecule has 2 rings (SSSR count). The lowest BCUT2D eigenvalue weighted by Crippen LogP contribution is -2.33. The van der Waals surface area contributed by atoms with Gasteiger partial charge in [0.05, 0.1) is 0 Å². The minimum Gasteiger partial charge on any atom is -0.409 e. The first-order valence-electron chi connectivity index (χ1n) is 5.46. The molecule has 1 atom stereocenters. The summed E-state index contributed by atoms with van der Waals surface area (Å²) in [4.78, 5) is 6.17. The molecule has 2 aromatic heterocycles. The normalized spacial score (nSPS) is 13.8. The van der Waals surface area contributed by atoms with Crippen molar-refractivity contribution in [1.82, 2.24) is 19.6 Å². The molecule has 0 aliphatic rings. The monoisotopic (exact) mass is 249 g/mol. The molecule has 1 unspecified atom stereocenters.